The summed E-state index contributed by atoms with van der Waals surface area (Å²) in [5.74, 6) is 2.26. The zero-order chi connectivity index (χ0) is 15.2. The van der Waals surface area contributed by atoms with Crippen LogP contribution in [-0.2, 0) is 10.0 Å². The first kappa shape index (κ1) is 16.6. The molecular formula is C12H23N5O2S. The Kier molecular flexibility index (Phi) is 6.15. The van der Waals surface area contributed by atoms with Crippen LogP contribution in [0.1, 0.15) is 32.5 Å². The summed E-state index contributed by atoms with van der Waals surface area (Å²) < 4.78 is 25.5. The summed E-state index contributed by atoms with van der Waals surface area (Å²) >= 11 is 0. The topological polar surface area (TPSA) is 96.0 Å². The fraction of sp³-hybridized carbons (Fsp3) is 0.667. The van der Waals surface area contributed by atoms with Gasteiger partial charge >= 0.3 is 0 Å². The Balaban J connectivity index is 2.70. The van der Waals surface area contributed by atoms with Gasteiger partial charge in [0, 0.05) is 32.1 Å². The van der Waals surface area contributed by atoms with E-state index in [-0.39, 0.29) is 11.7 Å². The predicted octanol–water partition coefficient (Wildman–Crippen LogP) is 0.993. The highest BCUT2D eigenvalue weighted by Gasteiger charge is 2.10. The van der Waals surface area contributed by atoms with Gasteiger partial charge in [-0.2, -0.15) is 0 Å². The van der Waals surface area contributed by atoms with Crippen molar-refractivity contribution in [2.24, 2.45) is 0 Å². The molecule has 0 atom stereocenters. The van der Waals surface area contributed by atoms with Crippen LogP contribution in [0.2, 0.25) is 0 Å². The van der Waals surface area contributed by atoms with Gasteiger partial charge in [0.2, 0.25) is 10.0 Å². The molecule has 0 radical (unpaired) electrons. The van der Waals surface area contributed by atoms with E-state index in [2.05, 4.69) is 25.3 Å². The molecule has 1 aromatic heterocycles. The number of sulfonamides is 1. The zero-order valence-electron chi connectivity index (χ0n) is 12.4. The molecule has 0 spiro atoms. The van der Waals surface area contributed by atoms with E-state index in [0.29, 0.717) is 30.5 Å². The average molecular weight is 301 g/mol. The molecule has 0 unspecified atom stereocenters. The predicted molar refractivity (Wildman–Crippen MR) is 81.6 cm³/mol. The van der Waals surface area contributed by atoms with Gasteiger partial charge in [-0.3, -0.25) is 0 Å². The Labute approximate surface area is 120 Å². The molecule has 114 valence electrons. The molecule has 3 N–H and O–H groups in total. The molecule has 1 heterocycles. The van der Waals surface area contributed by atoms with Gasteiger partial charge in [0.1, 0.15) is 17.5 Å². The normalized spacial score (nSPS) is 11.7. The smallest absolute Gasteiger partial charge is 0.213 e. The van der Waals surface area contributed by atoms with Gasteiger partial charge in [-0.25, -0.2) is 23.1 Å². The van der Waals surface area contributed by atoms with Crippen LogP contribution in [0.3, 0.4) is 0 Å². The van der Waals surface area contributed by atoms with Crippen molar-refractivity contribution in [3.05, 3.63) is 11.9 Å². The molecule has 0 aliphatic carbocycles. The van der Waals surface area contributed by atoms with Crippen molar-refractivity contribution in [3.8, 4) is 0 Å². The van der Waals surface area contributed by atoms with Crippen molar-refractivity contribution in [3.63, 3.8) is 0 Å². The molecule has 0 saturated heterocycles. The van der Waals surface area contributed by atoms with Crippen LogP contribution in [0.4, 0.5) is 11.6 Å². The van der Waals surface area contributed by atoms with E-state index in [4.69, 9.17) is 0 Å². The molecule has 20 heavy (non-hydrogen) atoms. The number of aromatic nitrogens is 2. The van der Waals surface area contributed by atoms with Crippen LogP contribution in [0.25, 0.3) is 0 Å². The number of anilines is 2. The largest absolute Gasteiger partial charge is 0.373 e. The van der Waals surface area contributed by atoms with E-state index in [0.717, 1.165) is 0 Å². The minimum Gasteiger partial charge on any atom is -0.373 e. The lowest BCUT2D eigenvalue weighted by Gasteiger charge is -2.11. The van der Waals surface area contributed by atoms with E-state index in [1.54, 1.807) is 20.0 Å². The molecule has 1 aromatic rings. The SMILES string of the molecule is CCNS(=O)(=O)CCNc1cc(NC)nc(C(C)C)n1. The first-order valence-corrected chi connectivity index (χ1v) is 8.31. The van der Waals surface area contributed by atoms with Crippen LogP contribution < -0.4 is 15.4 Å². The number of nitrogens with zero attached hydrogens (tertiary/aromatic N) is 2. The monoisotopic (exact) mass is 301 g/mol. The maximum atomic E-state index is 11.5. The van der Waals surface area contributed by atoms with Crippen LogP contribution in [0.5, 0.6) is 0 Å². The molecule has 0 aromatic carbocycles. The van der Waals surface area contributed by atoms with Gasteiger partial charge < -0.3 is 10.6 Å². The number of rotatable bonds is 8. The molecule has 0 aliphatic rings. The number of nitrogens with one attached hydrogen (secondary N) is 3. The van der Waals surface area contributed by atoms with Crippen LogP contribution in [0.15, 0.2) is 6.07 Å². The third-order valence-corrected chi connectivity index (χ3v) is 4.03. The first-order chi connectivity index (χ1) is 9.38. The van der Waals surface area contributed by atoms with Crippen molar-refractivity contribution in [2.75, 3.05) is 36.5 Å². The second kappa shape index (κ2) is 7.39. The molecular weight excluding hydrogens is 278 g/mol. The van der Waals surface area contributed by atoms with E-state index >= 15 is 0 Å². The van der Waals surface area contributed by atoms with Crippen LogP contribution in [-0.4, -0.2) is 44.3 Å². The lowest BCUT2D eigenvalue weighted by atomic mass is 10.2. The van der Waals surface area contributed by atoms with Crippen molar-refractivity contribution >= 4 is 21.7 Å². The standard InChI is InChI=1S/C12H23N5O2S/c1-5-15-20(18,19)7-6-14-11-8-10(13-4)16-12(17-11)9(2)3/h8-9,15H,5-7H2,1-4H3,(H2,13,14,16,17). The molecule has 0 amide bonds. The zero-order valence-corrected chi connectivity index (χ0v) is 13.2. The Morgan fingerprint density at radius 3 is 2.45 bits per heavy atom. The van der Waals surface area contributed by atoms with Gasteiger partial charge in [-0.15, -0.1) is 0 Å². The molecule has 0 fully saturated rings. The fourth-order valence-electron chi connectivity index (χ4n) is 1.55. The summed E-state index contributed by atoms with van der Waals surface area (Å²) in [5, 5.41) is 5.99. The highest BCUT2D eigenvalue weighted by molar-refractivity contribution is 7.89. The summed E-state index contributed by atoms with van der Waals surface area (Å²) in [6.07, 6.45) is 0. The Morgan fingerprint density at radius 1 is 1.25 bits per heavy atom. The fourth-order valence-corrected chi connectivity index (χ4v) is 2.50. The third kappa shape index (κ3) is 5.30. The van der Waals surface area contributed by atoms with Gasteiger partial charge in [-0.05, 0) is 0 Å². The highest BCUT2D eigenvalue weighted by atomic mass is 32.2. The van der Waals surface area contributed by atoms with Gasteiger partial charge in [0.15, 0.2) is 0 Å². The molecule has 7 nitrogen and oxygen atoms in total. The maximum absolute atomic E-state index is 11.5. The van der Waals surface area contributed by atoms with Crippen molar-refractivity contribution < 1.29 is 8.42 Å². The molecule has 1 rings (SSSR count). The maximum Gasteiger partial charge on any atom is 0.213 e. The molecule has 0 aliphatic heterocycles. The first-order valence-electron chi connectivity index (χ1n) is 6.66. The van der Waals surface area contributed by atoms with E-state index in [9.17, 15) is 8.42 Å². The van der Waals surface area contributed by atoms with Gasteiger partial charge in [0.05, 0.1) is 5.75 Å². The van der Waals surface area contributed by atoms with Crippen molar-refractivity contribution in [2.45, 2.75) is 26.7 Å². The molecule has 0 bridgehead atoms. The van der Waals surface area contributed by atoms with Gasteiger partial charge in [0.25, 0.3) is 0 Å². The lowest BCUT2D eigenvalue weighted by Crippen LogP contribution is -2.29. The van der Waals surface area contributed by atoms with E-state index < -0.39 is 10.0 Å². The summed E-state index contributed by atoms with van der Waals surface area (Å²) in [6.45, 7) is 6.47. The van der Waals surface area contributed by atoms with E-state index in [1.165, 1.54) is 0 Å². The minimum atomic E-state index is -3.22. The molecule has 8 heteroatoms. The summed E-state index contributed by atoms with van der Waals surface area (Å²) in [4.78, 5) is 8.71. The highest BCUT2D eigenvalue weighted by Crippen LogP contribution is 2.16. The Bertz CT molecular complexity index is 531. The second-order valence-corrected chi connectivity index (χ2v) is 6.57. The van der Waals surface area contributed by atoms with E-state index in [1.807, 2.05) is 13.8 Å². The minimum absolute atomic E-state index is 0.0107. The summed E-state index contributed by atoms with van der Waals surface area (Å²) in [7, 11) is -1.43. The third-order valence-electron chi connectivity index (χ3n) is 2.56. The molecule has 0 saturated carbocycles. The second-order valence-electron chi connectivity index (χ2n) is 4.64. The number of hydrogen-bond donors (Lipinski definition) is 3. The van der Waals surface area contributed by atoms with Crippen LogP contribution in [0, 0.1) is 0 Å². The van der Waals surface area contributed by atoms with Crippen molar-refractivity contribution in [1.29, 1.82) is 0 Å². The summed E-state index contributed by atoms with van der Waals surface area (Å²) in [6, 6.07) is 1.76. The Morgan fingerprint density at radius 2 is 1.90 bits per heavy atom. The van der Waals surface area contributed by atoms with Crippen LogP contribution >= 0.6 is 0 Å². The number of hydrogen-bond acceptors (Lipinski definition) is 6. The summed E-state index contributed by atoms with van der Waals surface area (Å²) in [5.41, 5.74) is 0. The Hall–Kier alpha value is -1.41. The van der Waals surface area contributed by atoms with Gasteiger partial charge in [-0.1, -0.05) is 20.8 Å². The quantitative estimate of drug-likeness (QED) is 0.663. The average Bonchev–Trinajstić information content (AvgIpc) is 2.37. The van der Waals surface area contributed by atoms with Crippen molar-refractivity contribution in [1.82, 2.24) is 14.7 Å². The lowest BCUT2D eigenvalue weighted by molar-refractivity contribution is 0.584.